The Morgan fingerprint density at radius 3 is 2.54 bits per heavy atom. The predicted molar refractivity (Wildman–Crippen MR) is 119 cm³/mol. The fourth-order valence-electron chi connectivity index (χ4n) is 1.91. The van der Waals surface area contributed by atoms with E-state index in [9.17, 15) is 4.79 Å². The SMILES string of the molecule is CCc1cnc(CCNC(=NC)NCCN(C)C(=O)OC(C)(C)C)s1.I. The lowest BCUT2D eigenvalue weighted by Crippen LogP contribution is -2.43. The van der Waals surface area contributed by atoms with Crippen LogP contribution in [0.4, 0.5) is 4.79 Å². The second-order valence-electron chi connectivity index (χ2n) is 6.65. The molecule has 0 radical (unpaired) electrons. The van der Waals surface area contributed by atoms with Crippen LogP contribution in [0.25, 0.3) is 0 Å². The van der Waals surface area contributed by atoms with Gasteiger partial charge in [-0.2, -0.15) is 0 Å². The first-order chi connectivity index (χ1) is 11.7. The van der Waals surface area contributed by atoms with Crippen molar-refractivity contribution in [2.45, 2.75) is 46.1 Å². The standard InChI is InChI=1S/C17H31N5O2S.HI/c1-7-13-12-21-14(25-13)8-9-19-15(18-5)20-10-11-22(6)16(23)24-17(2,3)4;/h12H,7-11H2,1-6H3,(H2,18,19,20);1H. The first-order valence-electron chi connectivity index (χ1n) is 8.57. The highest BCUT2D eigenvalue weighted by atomic mass is 127. The van der Waals surface area contributed by atoms with E-state index < -0.39 is 5.60 Å². The third-order valence-corrected chi connectivity index (χ3v) is 4.45. The van der Waals surface area contributed by atoms with Crippen molar-refractivity contribution in [2.75, 3.05) is 33.7 Å². The number of hydrogen-bond acceptors (Lipinski definition) is 5. The molecule has 0 fully saturated rings. The van der Waals surface area contributed by atoms with Gasteiger partial charge in [0.15, 0.2) is 5.96 Å². The zero-order valence-corrected chi connectivity index (χ0v) is 19.7. The number of guanidine groups is 1. The smallest absolute Gasteiger partial charge is 0.410 e. The summed E-state index contributed by atoms with van der Waals surface area (Å²) in [6.45, 7) is 9.58. The number of hydrogen-bond donors (Lipinski definition) is 2. The summed E-state index contributed by atoms with van der Waals surface area (Å²) in [5.74, 6) is 0.713. The van der Waals surface area contributed by atoms with Gasteiger partial charge in [-0.3, -0.25) is 4.99 Å². The molecule has 1 amide bonds. The molecule has 26 heavy (non-hydrogen) atoms. The van der Waals surface area contributed by atoms with Crippen molar-refractivity contribution in [3.63, 3.8) is 0 Å². The molecule has 0 aliphatic carbocycles. The molecule has 0 saturated carbocycles. The summed E-state index contributed by atoms with van der Waals surface area (Å²) in [7, 11) is 3.45. The molecule has 9 heteroatoms. The molecule has 0 bridgehead atoms. The number of likely N-dealkylation sites (N-methyl/N-ethyl adjacent to an activating group) is 1. The van der Waals surface area contributed by atoms with Crippen LogP contribution in [0, 0.1) is 0 Å². The number of aromatic nitrogens is 1. The van der Waals surface area contributed by atoms with E-state index in [1.165, 1.54) is 4.88 Å². The van der Waals surface area contributed by atoms with Crippen molar-refractivity contribution in [3.8, 4) is 0 Å². The van der Waals surface area contributed by atoms with Crippen LogP contribution in [-0.4, -0.2) is 61.3 Å². The summed E-state index contributed by atoms with van der Waals surface area (Å²) in [5.41, 5.74) is -0.482. The fraction of sp³-hybridized carbons (Fsp3) is 0.706. The monoisotopic (exact) mass is 497 g/mol. The number of thiazole rings is 1. The minimum absolute atomic E-state index is 0. The molecule has 7 nitrogen and oxygen atoms in total. The summed E-state index contributed by atoms with van der Waals surface area (Å²) >= 11 is 1.75. The molecule has 1 aromatic rings. The maximum Gasteiger partial charge on any atom is 0.410 e. The molecular weight excluding hydrogens is 465 g/mol. The highest BCUT2D eigenvalue weighted by Crippen LogP contribution is 2.13. The largest absolute Gasteiger partial charge is 0.444 e. The van der Waals surface area contributed by atoms with E-state index in [1.807, 2.05) is 27.0 Å². The average molecular weight is 497 g/mol. The molecule has 1 aromatic heterocycles. The number of amides is 1. The molecule has 1 rings (SSSR count). The summed E-state index contributed by atoms with van der Waals surface area (Å²) in [6, 6.07) is 0. The van der Waals surface area contributed by atoms with Crippen LogP contribution in [0.1, 0.15) is 37.6 Å². The molecular formula is C17H32IN5O2S. The van der Waals surface area contributed by atoms with Gasteiger partial charge in [0, 0.05) is 51.2 Å². The minimum atomic E-state index is -0.482. The van der Waals surface area contributed by atoms with Crippen molar-refractivity contribution < 1.29 is 9.53 Å². The van der Waals surface area contributed by atoms with E-state index in [1.54, 1.807) is 30.3 Å². The first kappa shape index (κ1) is 24.9. The highest BCUT2D eigenvalue weighted by Gasteiger charge is 2.19. The van der Waals surface area contributed by atoms with E-state index in [2.05, 4.69) is 27.5 Å². The molecule has 2 N–H and O–H groups in total. The average Bonchev–Trinajstić information content (AvgIpc) is 2.99. The molecule has 1 heterocycles. The second-order valence-corrected chi connectivity index (χ2v) is 7.85. The summed E-state index contributed by atoms with van der Waals surface area (Å²) in [4.78, 5) is 23.3. The van der Waals surface area contributed by atoms with E-state index in [0.717, 1.165) is 24.4 Å². The van der Waals surface area contributed by atoms with Gasteiger partial charge in [0.2, 0.25) is 0 Å². The Morgan fingerprint density at radius 2 is 2.00 bits per heavy atom. The highest BCUT2D eigenvalue weighted by molar-refractivity contribution is 14.0. The molecule has 0 unspecified atom stereocenters. The number of nitrogens with zero attached hydrogens (tertiary/aromatic N) is 3. The van der Waals surface area contributed by atoms with Gasteiger partial charge in [0.25, 0.3) is 0 Å². The lowest BCUT2D eigenvalue weighted by atomic mass is 10.2. The second kappa shape index (κ2) is 12.3. The number of nitrogens with one attached hydrogen (secondary N) is 2. The van der Waals surface area contributed by atoms with Crippen LogP contribution < -0.4 is 10.6 Å². The lowest BCUT2D eigenvalue weighted by Gasteiger charge is -2.24. The van der Waals surface area contributed by atoms with E-state index in [4.69, 9.17) is 4.74 Å². The minimum Gasteiger partial charge on any atom is -0.444 e. The van der Waals surface area contributed by atoms with E-state index in [-0.39, 0.29) is 30.1 Å². The number of carbonyl (C=O) groups excluding carboxylic acids is 1. The fourth-order valence-corrected chi connectivity index (χ4v) is 2.77. The zero-order valence-electron chi connectivity index (χ0n) is 16.6. The normalized spacial score (nSPS) is 11.5. The number of carbonyl (C=O) groups is 1. The summed E-state index contributed by atoms with van der Waals surface area (Å²) in [5, 5.41) is 7.58. The summed E-state index contributed by atoms with van der Waals surface area (Å²) in [6.07, 6.45) is 3.51. The van der Waals surface area contributed by atoms with Gasteiger partial charge >= 0.3 is 6.09 Å². The first-order valence-corrected chi connectivity index (χ1v) is 9.39. The van der Waals surface area contributed by atoms with Crippen molar-refractivity contribution in [1.82, 2.24) is 20.5 Å². The number of halogens is 1. The Morgan fingerprint density at radius 1 is 1.35 bits per heavy atom. The number of rotatable bonds is 7. The summed E-state index contributed by atoms with van der Waals surface area (Å²) < 4.78 is 5.32. The van der Waals surface area contributed by atoms with Crippen LogP contribution in [0.5, 0.6) is 0 Å². The number of aryl methyl sites for hydroxylation is 1. The number of ether oxygens (including phenoxy) is 1. The van der Waals surface area contributed by atoms with Crippen LogP contribution in [0.3, 0.4) is 0 Å². The van der Waals surface area contributed by atoms with Gasteiger partial charge in [-0.1, -0.05) is 6.92 Å². The van der Waals surface area contributed by atoms with Crippen molar-refractivity contribution in [3.05, 3.63) is 16.1 Å². The van der Waals surface area contributed by atoms with Crippen molar-refractivity contribution in [1.29, 1.82) is 0 Å². The Labute approximate surface area is 178 Å². The molecule has 0 saturated heterocycles. The third-order valence-electron chi connectivity index (χ3n) is 3.25. The maximum absolute atomic E-state index is 11.9. The lowest BCUT2D eigenvalue weighted by molar-refractivity contribution is 0.0302. The van der Waals surface area contributed by atoms with E-state index >= 15 is 0 Å². The molecule has 0 aromatic carbocycles. The quantitative estimate of drug-likeness (QED) is 0.344. The Kier molecular flexibility index (Phi) is 11.8. The van der Waals surface area contributed by atoms with Gasteiger partial charge in [-0.05, 0) is 27.2 Å². The molecule has 0 aliphatic rings. The van der Waals surface area contributed by atoms with Gasteiger partial charge in [-0.25, -0.2) is 9.78 Å². The Bertz CT molecular complexity index is 572. The maximum atomic E-state index is 11.9. The van der Waals surface area contributed by atoms with Crippen molar-refractivity contribution in [2.24, 2.45) is 4.99 Å². The van der Waals surface area contributed by atoms with E-state index in [0.29, 0.717) is 19.0 Å². The van der Waals surface area contributed by atoms with Crippen molar-refractivity contribution >= 4 is 47.4 Å². The van der Waals surface area contributed by atoms with Crippen LogP contribution in [0.2, 0.25) is 0 Å². The van der Waals surface area contributed by atoms with Crippen LogP contribution in [-0.2, 0) is 17.6 Å². The Balaban J connectivity index is 0.00000625. The molecule has 0 spiro atoms. The van der Waals surface area contributed by atoms with Crippen LogP contribution in [0.15, 0.2) is 11.2 Å². The van der Waals surface area contributed by atoms with Gasteiger partial charge in [-0.15, -0.1) is 35.3 Å². The Hall–Kier alpha value is -1.10. The third kappa shape index (κ3) is 10.1. The number of aliphatic imine (C=N–C) groups is 1. The molecule has 0 atom stereocenters. The topological polar surface area (TPSA) is 78.9 Å². The van der Waals surface area contributed by atoms with Gasteiger partial charge in [0.1, 0.15) is 5.60 Å². The van der Waals surface area contributed by atoms with Gasteiger partial charge < -0.3 is 20.3 Å². The molecule has 0 aliphatic heterocycles. The predicted octanol–water partition coefficient (Wildman–Crippen LogP) is 2.90. The van der Waals surface area contributed by atoms with Gasteiger partial charge in [0.05, 0.1) is 5.01 Å². The molecule has 150 valence electrons. The zero-order chi connectivity index (χ0) is 18.9. The van der Waals surface area contributed by atoms with Crippen LogP contribution >= 0.6 is 35.3 Å².